The van der Waals surface area contributed by atoms with Crippen LogP contribution in [0.4, 0.5) is 0 Å². The molecule has 3 heteroatoms. The minimum atomic E-state index is -0.911. The van der Waals surface area contributed by atoms with E-state index in [0.29, 0.717) is 0 Å². The van der Waals surface area contributed by atoms with Gasteiger partial charge in [-0.25, -0.2) is 0 Å². The molecule has 0 N–H and O–H groups in total. The Labute approximate surface area is 74.7 Å². The van der Waals surface area contributed by atoms with Crippen LogP contribution < -0.4 is 0 Å². The lowest BCUT2D eigenvalue weighted by molar-refractivity contribution is 1.66. The summed E-state index contributed by atoms with van der Waals surface area (Å²) in [5.74, 6) is 0. The predicted molar refractivity (Wildman–Crippen MR) is 51.8 cm³/mol. The van der Waals surface area contributed by atoms with Crippen molar-refractivity contribution in [3.8, 4) is 0 Å². The molecular weight excluding hydrogens is 204 g/mol. The van der Waals surface area contributed by atoms with Gasteiger partial charge in [-0.2, -0.15) is 3.33 Å². The normalized spacial score (nSPS) is 13.2. The van der Waals surface area contributed by atoms with Crippen molar-refractivity contribution in [3.05, 3.63) is 9.40 Å². The highest BCUT2D eigenvalue weighted by molar-refractivity contribution is 9.23. The Bertz CT molecular complexity index is 115. The van der Waals surface area contributed by atoms with Gasteiger partial charge in [0, 0.05) is 8.07 Å². The molecule has 0 aliphatic rings. The third kappa shape index (κ3) is 3.80. The molecular formula is C6H13BrMgSi. The molecule has 0 saturated carbocycles. The van der Waals surface area contributed by atoms with Crippen molar-refractivity contribution in [2.45, 2.75) is 26.6 Å². The van der Waals surface area contributed by atoms with Crippen LogP contribution >= 0.6 is 12.9 Å². The van der Waals surface area contributed by atoms with E-state index >= 15 is 0 Å². The van der Waals surface area contributed by atoms with Crippen LogP contribution in [0.5, 0.6) is 0 Å². The van der Waals surface area contributed by atoms with Crippen molar-refractivity contribution in [1.82, 2.24) is 0 Å². The lowest BCUT2D eigenvalue weighted by Gasteiger charge is -2.19. The Morgan fingerprint density at radius 1 is 1.44 bits per heavy atom. The van der Waals surface area contributed by atoms with Crippen molar-refractivity contribution in [3.63, 3.8) is 0 Å². The highest BCUT2D eigenvalue weighted by Gasteiger charge is 2.17. The molecule has 0 radical (unpaired) electrons. The number of allylic oxidation sites excluding steroid dienone is 1. The van der Waals surface area contributed by atoms with Gasteiger partial charge >= 0.3 is 18.2 Å². The van der Waals surface area contributed by atoms with Crippen LogP contribution in [0.2, 0.25) is 19.6 Å². The van der Waals surface area contributed by atoms with Crippen molar-refractivity contribution >= 4 is 39.2 Å². The Morgan fingerprint density at radius 3 is 1.89 bits per heavy atom. The van der Waals surface area contributed by atoms with E-state index in [-0.39, 0.29) is 18.2 Å². The van der Waals surface area contributed by atoms with Crippen LogP contribution in [0.1, 0.15) is 6.92 Å². The SMILES string of the molecule is CC=[C]([Mg][Br])[Si](C)(C)C. The molecule has 0 saturated heterocycles. The van der Waals surface area contributed by atoms with Crippen molar-refractivity contribution in [2.75, 3.05) is 0 Å². The first kappa shape index (κ1) is 10.2. The minimum Gasteiger partial charge on any atom is -0.298 e. The fourth-order valence-electron chi connectivity index (χ4n) is 0.711. The topological polar surface area (TPSA) is 0 Å². The molecule has 0 amide bonds. The second-order valence-electron chi connectivity index (χ2n) is 3.20. The lowest BCUT2D eigenvalue weighted by atomic mass is 10.8. The first-order chi connectivity index (χ1) is 4.02. The van der Waals surface area contributed by atoms with E-state index in [2.05, 4.69) is 45.5 Å². The first-order valence-electron chi connectivity index (χ1n) is 3.24. The zero-order chi connectivity index (χ0) is 7.49. The predicted octanol–water partition coefficient (Wildman–Crippen LogP) is 2.78. The zero-order valence-electron chi connectivity index (χ0n) is 6.66. The molecule has 50 valence electrons. The zero-order valence-corrected chi connectivity index (χ0v) is 10.7. The fourth-order valence-corrected chi connectivity index (χ4v) is 11.9. The standard InChI is InChI=1S/C6H13Si.BrH.Mg/c1-5-6-7(2,3)4;;/h5H,1-4H3;1H;/q;;+1/p-1. The van der Waals surface area contributed by atoms with Gasteiger partial charge in [-0.15, -0.1) is 6.08 Å². The molecule has 0 nitrogen and oxygen atoms in total. The van der Waals surface area contributed by atoms with Crippen LogP contribution in [0.15, 0.2) is 9.40 Å². The van der Waals surface area contributed by atoms with Crippen molar-refractivity contribution in [1.29, 1.82) is 0 Å². The van der Waals surface area contributed by atoms with Gasteiger partial charge < -0.3 is 0 Å². The summed E-state index contributed by atoms with van der Waals surface area (Å²) in [6, 6.07) is 0. The molecule has 0 heterocycles. The highest BCUT2D eigenvalue weighted by Crippen LogP contribution is 2.13. The van der Waals surface area contributed by atoms with Gasteiger partial charge in [-0.3, -0.25) is 12.9 Å². The summed E-state index contributed by atoms with van der Waals surface area (Å²) in [7, 11) is -0.911. The molecule has 0 unspecified atom stereocenters. The first-order valence-corrected chi connectivity index (χ1v) is 11.3. The van der Waals surface area contributed by atoms with Gasteiger partial charge in [0.2, 0.25) is 0 Å². The summed E-state index contributed by atoms with van der Waals surface area (Å²) < 4.78 is 1.74. The molecule has 0 aromatic rings. The maximum Gasteiger partial charge on any atom is 0.497 e. The molecule has 0 aromatic carbocycles. The van der Waals surface area contributed by atoms with Crippen molar-refractivity contribution < 1.29 is 0 Å². The number of rotatable bonds is 2. The summed E-state index contributed by atoms with van der Waals surface area (Å²) in [5, 5.41) is 0. The van der Waals surface area contributed by atoms with E-state index < -0.39 is 8.07 Å². The maximum absolute atomic E-state index is 3.62. The molecule has 0 fully saturated rings. The van der Waals surface area contributed by atoms with E-state index in [9.17, 15) is 0 Å². The maximum atomic E-state index is 3.62. The van der Waals surface area contributed by atoms with Gasteiger partial charge in [0.1, 0.15) is 0 Å². The third-order valence-corrected chi connectivity index (χ3v) is 11.4. The third-order valence-electron chi connectivity index (χ3n) is 1.46. The summed E-state index contributed by atoms with van der Waals surface area (Å²) in [4.78, 5) is 0. The van der Waals surface area contributed by atoms with Gasteiger partial charge in [-0.05, 0) is 6.92 Å². The molecule has 0 bridgehead atoms. The summed E-state index contributed by atoms with van der Waals surface area (Å²) in [6.45, 7) is 9.35. The minimum absolute atomic E-state index is 0.0409. The number of hydrogen-bond donors (Lipinski definition) is 0. The molecule has 0 spiro atoms. The van der Waals surface area contributed by atoms with E-state index in [4.69, 9.17) is 0 Å². The average molecular weight is 217 g/mol. The van der Waals surface area contributed by atoms with Gasteiger partial charge in [0.15, 0.2) is 0 Å². The van der Waals surface area contributed by atoms with E-state index in [0.717, 1.165) is 0 Å². The Morgan fingerprint density at radius 2 is 1.89 bits per heavy atom. The van der Waals surface area contributed by atoms with Gasteiger partial charge in [0.05, 0.1) is 0 Å². The van der Waals surface area contributed by atoms with Crippen LogP contribution in [0, 0.1) is 0 Å². The summed E-state index contributed by atoms with van der Waals surface area (Å²) >= 11 is 3.58. The van der Waals surface area contributed by atoms with E-state index in [1.807, 2.05) is 0 Å². The average Bonchev–Trinajstić information content (AvgIpc) is 1.65. The highest BCUT2D eigenvalue weighted by atomic mass is 79.9. The van der Waals surface area contributed by atoms with E-state index in [1.54, 1.807) is 3.33 Å². The summed E-state index contributed by atoms with van der Waals surface area (Å²) in [5.41, 5.74) is 0. The second kappa shape index (κ2) is 4.16. The monoisotopic (exact) mass is 216 g/mol. The van der Waals surface area contributed by atoms with Gasteiger partial charge in [-0.1, -0.05) is 19.6 Å². The van der Waals surface area contributed by atoms with Crippen molar-refractivity contribution in [2.24, 2.45) is 0 Å². The smallest absolute Gasteiger partial charge is 0.298 e. The second-order valence-corrected chi connectivity index (χ2v) is 11.8. The molecule has 0 aromatic heterocycles. The number of hydrogen-bond acceptors (Lipinski definition) is 0. The van der Waals surface area contributed by atoms with Gasteiger partial charge in [0.25, 0.3) is 0 Å². The van der Waals surface area contributed by atoms with Crippen LogP contribution in [-0.4, -0.2) is 26.3 Å². The molecule has 0 atom stereocenters. The van der Waals surface area contributed by atoms with E-state index in [1.165, 1.54) is 0 Å². The van der Waals surface area contributed by atoms with Crippen LogP contribution in [0.3, 0.4) is 0 Å². The molecule has 9 heavy (non-hydrogen) atoms. The number of halogens is 1. The molecule has 0 aliphatic carbocycles. The Kier molecular flexibility index (Phi) is 4.71. The largest absolute Gasteiger partial charge is 0.497 e. The Balaban J connectivity index is 4.14. The van der Waals surface area contributed by atoms with Crippen LogP contribution in [-0.2, 0) is 0 Å². The molecule has 0 aliphatic heterocycles. The lowest BCUT2D eigenvalue weighted by Crippen LogP contribution is -2.25. The summed E-state index contributed by atoms with van der Waals surface area (Å²) in [6.07, 6.45) is 2.30. The Hall–Kier alpha value is 1.20. The van der Waals surface area contributed by atoms with Crippen LogP contribution in [0.25, 0.3) is 0 Å². The quantitative estimate of drug-likeness (QED) is 0.624. The fraction of sp³-hybridized carbons (Fsp3) is 0.667. The molecule has 0 rings (SSSR count).